The van der Waals surface area contributed by atoms with Crippen molar-refractivity contribution < 1.29 is 4.79 Å². The Morgan fingerprint density at radius 2 is 2.00 bits per heavy atom. The van der Waals surface area contributed by atoms with Gasteiger partial charge < -0.3 is 5.32 Å². The van der Waals surface area contributed by atoms with E-state index >= 15 is 0 Å². The fourth-order valence-electron chi connectivity index (χ4n) is 3.54. The normalized spacial score (nSPS) is 19.8. The molecule has 0 radical (unpaired) electrons. The van der Waals surface area contributed by atoms with Gasteiger partial charge in [0.25, 0.3) is 5.91 Å². The molecular formula is C19H22N6O. The van der Waals surface area contributed by atoms with Crippen LogP contribution in [0.5, 0.6) is 0 Å². The number of benzene rings is 1. The molecule has 1 saturated heterocycles. The molecule has 1 aliphatic heterocycles. The Hall–Kier alpha value is -2.77. The lowest BCUT2D eigenvalue weighted by atomic mass is 10.0. The highest BCUT2D eigenvalue weighted by Gasteiger charge is 2.27. The molecule has 0 spiro atoms. The van der Waals surface area contributed by atoms with Crippen LogP contribution >= 0.6 is 0 Å². The molecule has 3 aromatic rings. The van der Waals surface area contributed by atoms with E-state index in [4.69, 9.17) is 0 Å². The van der Waals surface area contributed by atoms with E-state index in [0.29, 0.717) is 5.56 Å². The van der Waals surface area contributed by atoms with Crippen molar-refractivity contribution in [2.24, 2.45) is 7.05 Å². The monoisotopic (exact) mass is 350 g/mol. The highest BCUT2D eigenvalue weighted by Crippen LogP contribution is 2.23. The summed E-state index contributed by atoms with van der Waals surface area (Å²) in [5, 5.41) is 8.28. The van der Waals surface area contributed by atoms with Crippen molar-refractivity contribution in [1.82, 2.24) is 30.9 Å². The predicted octanol–water partition coefficient (Wildman–Crippen LogP) is 1.88. The third-order valence-electron chi connectivity index (χ3n) is 4.75. The SMILES string of the molecule is Cc1cc(C(=O)NC2CC(c3ccccc3)NN2)c2c(C)nn(C)c2n1. The number of rotatable bonds is 3. The van der Waals surface area contributed by atoms with Crippen molar-refractivity contribution in [2.45, 2.75) is 32.5 Å². The summed E-state index contributed by atoms with van der Waals surface area (Å²) in [5.74, 6) is -0.121. The first-order chi connectivity index (χ1) is 12.5. The van der Waals surface area contributed by atoms with E-state index in [9.17, 15) is 4.79 Å². The second-order valence-electron chi connectivity index (χ2n) is 6.73. The second kappa shape index (κ2) is 6.51. The summed E-state index contributed by atoms with van der Waals surface area (Å²) in [6.07, 6.45) is 0.628. The summed E-state index contributed by atoms with van der Waals surface area (Å²) in [7, 11) is 1.84. The Morgan fingerprint density at radius 1 is 1.23 bits per heavy atom. The summed E-state index contributed by atoms with van der Waals surface area (Å²) in [6.45, 7) is 3.79. The minimum Gasteiger partial charge on any atom is -0.335 e. The zero-order chi connectivity index (χ0) is 18.3. The number of hydrogen-bond acceptors (Lipinski definition) is 5. The summed E-state index contributed by atoms with van der Waals surface area (Å²) in [6, 6.07) is 12.2. The molecule has 2 unspecified atom stereocenters. The van der Waals surface area contributed by atoms with Crippen LogP contribution in [-0.2, 0) is 7.05 Å². The molecule has 3 N–H and O–H groups in total. The van der Waals surface area contributed by atoms with E-state index < -0.39 is 0 Å². The molecule has 7 nitrogen and oxygen atoms in total. The fraction of sp³-hybridized carbons (Fsp3) is 0.316. The van der Waals surface area contributed by atoms with E-state index in [0.717, 1.165) is 28.8 Å². The molecule has 2 atom stereocenters. The van der Waals surface area contributed by atoms with Crippen molar-refractivity contribution in [1.29, 1.82) is 0 Å². The predicted molar refractivity (Wildman–Crippen MR) is 99.3 cm³/mol. The minimum absolute atomic E-state index is 0.121. The largest absolute Gasteiger partial charge is 0.335 e. The van der Waals surface area contributed by atoms with Crippen molar-refractivity contribution in [3.63, 3.8) is 0 Å². The van der Waals surface area contributed by atoms with Gasteiger partial charge in [0.1, 0.15) is 0 Å². The van der Waals surface area contributed by atoms with E-state index in [1.165, 1.54) is 5.56 Å². The average Bonchev–Trinajstić information content (AvgIpc) is 3.20. The molecule has 1 fully saturated rings. The third kappa shape index (κ3) is 2.95. The number of pyridine rings is 1. The number of nitrogens with zero attached hydrogens (tertiary/aromatic N) is 3. The number of hydrazine groups is 1. The van der Waals surface area contributed by atoms with Gasteiger partial charge in [-0.05, 0) is 25.5 Å². The maximum Gasteiger partial charge on any atom is 0.253 e. The van der Waals surface area contributed by atoms with Crippen LogP contribution in [0.4, 0.5) is 0 Å². The molecule has 1 amide bonds. The van der Waals surface area contributed by atoms with Crippen LogP contribution in [-0.4, -0.2) is 26.8 Å². The van der Waals surface area contributed by atoms with E-state index in [1.54, 1.807) is 4.68 Å². The van der Waals surface area contributed by atoms with Gasteiger partial charge in [0.2, 0.25) is 0 Å². The van der Waals surface area contributed by atoms with Crippen molar-refractivity contribution in [2.75, 3.05) is 0 Å². The minimum atomic E-state index is -0.145. The van der Waals surface area contributed by atoms with Crippen LogP contribution in [0.2, 0.25) is 0 Å². The van der Waals surface area contributed by atoms with Gasteiger partial charge in [-0.3, -0.25) is 9.48 Å². The average molecular weight is 350 g/mol. The van der Waals surface area contributed by atoms with Crippen LogP contribution < -0.4 is 16.2 Å². The van der Waals surface area contributed by atoms with Gasteiger partial charge in [0.15, 0.2) is 5.65 Å². The van der Waals surface area contributed by atoms with Crippen LogP contribution in [0.25, 0.3) is 11.0 Å². The first-order valence-electron chi connectivity index (χ1n) is 8.70. The maximum atomic E-state index is 12.9. The molecule has 1 aromatic carbocycles. The molecule has 4 rings (SSSR count). The van der Waals surface area contributed by atoms with Crippen LogP contribution in [0.15, 0.2) is 36.4 Å². The van der Waals surface area contributed by atoms with Crippen molar-refractivity contribution in [3.05, 3.63) is 58.9 Å². The van der Waals surface area contributed by atoms with Gasteiger partial charge in [-0.2, -0.15) is 5.10 Å². The Bertz CT molecular complexity index is 965. The molecule has 0 bridgehead atoms. The molecule has 134 valence electrons. The van der Waals surface area contributed by atoms with Gasteiger partial charge in [-0.15, -0.1) is 0 Å². The van der Waals surface area contributed by atoms with Crippen LogP contribution in [0.1, 0.15) is 39.8 Å². The highest BCUT2D eigenvalue weighted by atomic mass is 16.1. The van der Waals surface area contributed by atoms with Crippen molar-refractivity contribution >= 4 is 16.9 Å². The summed E-state index contributed by atoms with van der Waals surface area (Å²) < 4.78 is 1.72. The van der Waals surface area contributed by atoms with Gasteiger partial charge in [-0.25, -0.2) is 15.8 Å². The lowest BCUT2D eigenvalue weighted by Gasteiger charge is -2.13. The Labute approximate surface area is 151 Å². The topological polar surface area (TPSA) is 83.9 Å². The van der Waals surface area contributed by atoms with Gasteiger partial charge >= 0.3 is 0 Å². The molecule has 2 aromatic heterocycles. The Kier molecular flexibility index (Phi) is 4.18. The lowest BCUT2D eigenvalue weighted by Crippen LogP contribution is -2.44. The fourth-order valence-corrected chi connectivity index (χ4v) is 3.54. The number of carbonyl (C=O) groups excluding carboxylic acids is 1. The number of nitrogens with one attached hydrogen (secondary N) is 3. The third-order valence-corrected chi connectivity index (χ3v) is 4.75. The zero-order valence-corrected chi connectivity index (χ0v) is 15.1. The Balaban J connectivity index is 1.55. The first kappa shape index (κ1) is 16.7. The molecule has 1 aliphatic rings. The molecular weight excluding hydrogens is 328 g/mol. The van der Waals surface area contributed by atoms with Gasteiger partial charge in [0.05, 0.1) is 22.8 Å². The van der Waals surface area contributed by atoms with Crippen molar-refractivity contribution in [3.8, 4) is 0 Å². The highest BCUT2D eigenvalue weighted by molar-refractivity contribution is 6.06. The molecule has 7 heteroatoms. The quantitative estimate of drug-likeness (QED) is 0.672. The van der Waals surface area contributed by atoms with E-state index in [1.807, 2.05) is 45.2 Å². The van der Waals surface area contributed by atoms with Crippen LogP contribution in [0, 0.1) is 13.8 Å². The number of amides is 1. The summed E-state index contributed by atoms with van der Waals surface area (Å²) >= 11 is 0. The zero-order valence-electron chi connectivity index (χ0n) is 15.1. The molecule has 3 heterocycles. The second-order valence-corrected chi connectivity index (χ2v) is 6.73. The Morgan fingerprint density at radius 3 is 2.77 bits per heavy atom. The smallest absolute Gasteiger partial charge is 0.253 e. The summed E-state index contributed by atoms with van der Waals surface area (Å²) in [4.78, 5) is 17.4. The molecule has 0 aliphatic carbocycles. The number of hydrogen-bond donors (Lipinski definition) is 3. The number of carbonyl (C=O) groups is 1. The maximum absolute atomic E-state index is 12.9. The van der Waals surface area contributed by atoms with Gasteiger partial charge in [0, 0.05) is 25.2 Å². The number of fused-ring (bicyclic) bond motifs is 1. The summed E-state index contributed by atoms with van der Waals surface area (Å²) in [5.41, 5.74) is 10.6. The number of aryl methyl sites for hydroxylation is 3. The first-order valence-corrected chi connectivity index (χ1v) is 8.70. The molecule has 0 saturated carbocycles. The lowest BCUT2D eigenvalue weighted by molar-refractivity contribution is 0.0933. The number of aromatic nitrogens is 3. The van der Waals surface area contributed by atoms with Gasteiger partial charge in [-0.1, -0.05) is 30.3 Å². The standard InChI is InChI=1S/C19H22N6O/c1-11-9-14(17-12(2)24-25(3)18(17)20-11)19(26)21-16-10-15(22-23-16)13-7-5-4-6-8-13/h4-9,15-16,22-23H,10H2,1-3H3,(H,21,26). The van der Waals surface area contributed by atoms with E-state index in [2.05, 4.69) is 38.4 Å². The van der Waals surface area contributed by atoms with Crippen LogP contribution in [0.3, 0.4) is 0 Å². The molecule has 26 heavy (non-hydrogen) atoms. The van der Waals surface area contributed by atoms with E-state index in [-0.39, 0.29) is 18.1 Å².